The number of carbonyl (C=O) groups is 1. The van der Waals surface area contributed by atoms with E-state index >= 15 is 0 Å². The lowest BCUT2D eigenvalue weighted by Crippen LogP contribution is -2.42. The molecule has 0 N–H and O–H groups in total. The van der Waals surface area contributed by atoms with Crippen molar-refractivity contribution in [2.75, 3.05) is 0 Å². The first-order chi connectivity index (χ1) is 15.9. The molecule has 1 saturated heterocycles. The zero-order valence-corrected chi connectivity index (χ0v) is 17.7. The standard InChI is InChI=1S/C25H19F3N4O/c1-31-24(14-10-18(26)21(28)19(27)11-14)17-12-15-7-8-20(23(17)30-31)32(15)25(33)16-6-2-4-13-5-3-9-29-22(13)16/h2-6,9-11,15,20H,7-8,12H2,1H3. The monoisotopic (exact) mass is 448 g/mol. The number of benzene rings is 2. The summed E-state index contributed by atoms with van der Waals surface area (Å²) in [4.78, 5) is 20.0. The first kappa shape index (κ1) is 20.0. The summed E-state index contributed by atoms with van der Waals surface area (Å²) in [7, 11) is 1.70. The second kappa shape index (κ2) is 7.16. The number of pyridine rings is 1. The van der Waals surface area contributed by atoms with Gasteiger partial charge in [-0.2, -0.15) is 5.10 Å². The van der Waals surface area contributed by atoms with Crippen LogP contribution in [0.3, 0.4) is 0 Å². The molecule has 1 fully saturated rings. The summed E-state index contributed by atoms with van der Waals surface area (Å²) in [6.07, 6.45) is 3.75. The highest BCUT2D eigenvalue weighted by atomic mass is 19.2. The van der Waals surface area contributed by atoms with E-state index in [9.17, 15) is 18.0 Å². The molecular weight excluding hydrogens is 429 g/mol. The molecule has 2 aromatic carbocycles. The maximum absolute atomic E-state index is 13.9. The zero-order chi connectivity index (χ0) is 22.9. The molecule has 166 valence electrons. The lowest BCUT2D eigenvalue weighted by atomic mass is 9.93. The number of rotatable bonds is 2. The number of halogens is 3. The summed E-state index contributed by atoms with van der Waals surface area (Å²) in [5.74, 6) is -4.06. The number of carbonyl (C=O) groups excluding carboxylic acids is 1. The Labute approximate surface area is 187 Å². The van der Waals surface area contributed by atoms with E-state index in [1.807, 2.05) is 29.2 Å². The van der Waals surface area contributed by atoms with E-state index in [-0.39, 0.29) is 23.6 Å². The van der Waals surface area contributed by atoms with E-state index in [1.165, 1.54) is 0 Å². The van der Waals surface area contributed by atoms with Gasteiger partial charge in [0.15, 0.2) is 17.5 Å². The van der Waals surface area contributed by atoms with Crippen molar-refractivity contribution < 1.29 is 18.0 Å². The highest BCUT2D eigenvalue weighted by molar-refractivity contribution is 6.06. The van der Waals surface area contributed by atoms with Gasteiger partial charge in [-0.1, -0.05) is 18.2 Å². The Morgan fingerprint density at radius 3 is 2.61 bits per heavy atom. The van der Waals surface area contributed by atoms with Crippen molar-refractivity contribution in [1.82, 2.24) is 19.7 Å². The molecule has 6 rings (SSSR count). The Kier molecular flexibility index (Phi) is 4.33. The molecule has 2 aromatic heterocycles. The first-order valence-corrected chi connectivity index (χ1v) is 10.8. The van der Waals surface area contributed by atoms with Gasteiger partial charge in [-0.25, -0.2) is 13.2 Å². The molecule has 5 nitrogen and oxygen atoms in total. The number of hydrogen-bond donors (Lipinski definition) is 0. The number of para-hydroxylation sites is 1. The molecule has 4 aromatic rings. The van der Waals surface area contributed by atoms with Gasteiger partial charge in [0, 0.05) is 35.8 Å². The molecule has 4 heterocycles. The van der Waals surface area contributed by atoms with Crippen molar-refractivity contribution in [3.05, 3.63) is 82.9 Å². The SMILES string of the molecule is Cn1nc2c(c1-c1cc(F)c(F)c(F)c1)CC1CCC2N1C(=O)c1cccc2cccnc12. The van der Waals surface area contributed by atoms with E-state index < -0.39 is 17.5 Å². The van der Waals surface area contributed by atoms with Crippen LogP contribution in [0.1, 0.15) is 40.5 Å². The second-order valence-electron chi connectivity index (χ2n) is 8.63. The van der Waals surface area contributed by atoms with E-state index in [1.54, 1.807) is 24.0 Å². The van der Waals surface area contributed by atoms with Crippen LogP contribution in [0, 0.1) is 17.5 Å². The number of hydrogen-bond acceptors (Lipinski definition) is 3. The van der Waals surface area contributed by atoms with Crippen molar-refractivity contribution >= 4 is 16.8 Å². The topological polar surface area (TPSA) is 51.0 Å². The molecule has 2 aliphatic rings. The summed E-state index contributed by atoms with van der Waals surface area (Å²) in [6.45, 7) is 0. The molecule has 8 heteroatoms. The van der Waals surface area contributed by atoms with Crippen molar-refractivity contribution in [3.8, 4) is 11.3 Å². The Morgan fingerprint density at radius 2 is 1.82 bits per heavy atom. The third-order valence-electron chi connectivity index (χ3n) is 6.79. The summed E-state index contributed by atoms with van der Waals surface area (Å²) in [5, 5.41) is 5.54. The number of nitrogens with zero attached hydrogens (tertiary/aromatic N) is 4. The zero-order valence-electron chi connectivity index (χ0n) is 17.7. The minimum absolute atomic E-state index is 0.0629. The van der Waals surface area contributed by atoms with Crippen LogP contribution in [0.5, 0.6) is 0 Å². The van der Waals surface area contributed by atoms with Crippen molar-refractivity contribution in [3.63, 3.8) is 0 Å². The Bertz CT molecular complexity index is 1420. The molecule has 0 radical (unpaired) electrons. The lowest BCUT2D eigenvalue weighted by Gasteiger charge is -2.34. The third-order valence-corrected chi connectivity index (χ3v) is 6.79. The van der Waals surface area contributed by atoms with Gasteiger partial charge >= 0.3 is 0 Å². The fourth-order valence-electron chi connectivity index (χ4n) is 5.42. The van der Waals surface area contributed by atoms with E-state index in [0.717, 1.165) is 41.6 Å². The number of amides is 1. The Morgan fingerprint density at radius 1 is 1.06 bits per heavy atom. The Balaban J connectivity index is 1.44. The quantitative estimate of drug-likeness (QED) is 0.408. The van der Waals surface area contributed by atoms with Crippen molar-refractivity contribution in [1.29, 1.82) is 0 Å². The highest BCUT2D eigenvalue weighted by Crippen LogP contribution is 2.47. The molecule has 2 bridgehead atoms. The van der Waals surface area contributed by atoms with Gasteiger partial charge in [-0.3, -0.25) is 14.5 Å². The van der Waals surface area contributed by atoms with Crippen LogP contribution >= 0.6 is 0 Å². The van der Waals surface area contributed by atoms with E-state index in [0.29, 0.717) is 23.2 Å². The van der Waals surface area contributed by atoms with Crippen molar-refractivity contribution in [2.24, 2.45) is 7.05 Å². The molecule has 1 amide bonds. The number of aromatic nitrogens is 3. The fraction of sp³-hybridized carbons (Fsp3) is 0.240. The lowest BCUT2D eigenvalue weighted by molar-refractivity contribution is 0.0644. The van der Waals surface area contributed by atoms with E-state index in [4.69, 9.17) is 0 Å². The number of fused-ring (bicyclic) bond motifs is 5. The molecule has 0 spiro atoms. The number of aryl methyl sites for hydroxylation is 1. The second-order valence-corrected chi connectivity index (χ2v) is 8.63. The summed E-state index contributed by atoms with van der Waals surface area (Å²) >= 11 is 0. The molecule has 33 heavy (non-hydrogen) atoms. The van der Waals surface area contributed by atoms with Crippen LogP contribution in [0.4, 0.5) is 13.2 Å². The summed E-state index contributed by atoms with van der Waals surface area (Å²) in [6, 6.07) is 11.0. The van der Waals surface area contributed by atoms with Crippen LogP contribution in [-0.4, -0.2) is 31.6 Å². The summed E-state index contributed by atoms with van der Waals surface area (Å²) in [5.41, 5.74) is 3.59. The predicted octanol–water partition coefficient (Wildman–Crippen LogP) is 4.95. The normalized spacial score (nSPS) is 19.2. The average Bonchev–Trinajstić information content (AvgIpc) is 3.32. The minimum Gasteiger partial charge on any atom is -0.327 e. The van der Waals surface area contributed by atoms with Gasteiger partial charge in [-0.15, -0.1) is 0 Å². The van der Waals surface area contributed by atoms with Crippen LogP contribution in [0.2, 0.25) is 0 Å². The summed E-state index contributed by atoms with van der Waals surface area (Å²) < 4.78 is 43.0. The van der Waals surface area contributed by atoms with Gasteiger partial charge in [0.05, 0.1) is 28.5 Å². The molecular formula is C25H19F3N4O. The van der Waals surface area contributed by atoms with Gasteiger partial charge < -0.3 is 4.90 Å². The maximum atomic E-state index is 13.9. The first-order valence-electron chi connectivity index (χ1n) is 10.8. The smallest absolute Gasteiger partial charge is 0.256 e. The van der Waals surface area contributed by atoms with Gasteiger partial charge in [0.25, 0.3) is 5.91 Å². The molecule has 0 saturated carbocycles. The molecule has 2 atom stereocenters. The van der Waals surface area contributed by atoms with Crippen LogP contribution in [-0.2, 0) is 13.5 Å². The Hall–Kier alpha value is -3.68. The fourth-order valence-corrected chi connectivity index (χ4v) is 5.42. The van der Waals surface area contributed by atoms with Gasteiger partial charge in [-0.05, 0) is 43.5 Å². The average molecular weight is 448 g/mol. The van der Waals surface area contributed by atoms with Crippen LogP contribution < -0.4 is 0 Å². The predicted molar refractivity (Wildman–Crippen MR) is 116 cm³/mol. The molecule has 2 aliphatic heterocycles. The molecule has 2 unspecified atom stereocenters. The van der Waals surface area contributed by atoms with Gasteiger partial charge in [0.2, 0.25) is 0 Å². The highest BCUT2D eigenvalue weighted by Gasteiger charge is 2.46. The third kappa shape index (κ3) is 2.90. The maximum Gasteiger partial charge on any atom is 0.256 e. The largest absolute Gasteiger partial charge is 0.327 e. The van der Waals surface area contributed by atoms with Crippen LogP contribution in [0.25, 0.3) is 22.2 Å². The van der Waals surface area contributed by atoms with Crippen molar-refractivity contribution in [2.45, 2.75) is 31.3 Å². The minimum atomic E-state index is -1.49. The van der Waals surface area contributed by atoms with E-state index in [2.05, 4.69) is 10.1 Å². The molecule has 0 aliphatic carbocycles. The van der Waals surface area contributed by atoms with Crippen LogP contribution in [0.15, 0.2) is 48.7 Å². The van der Waals surface area contributed by atoms with Gasteiger partial charge in [0.1, 0.15) is 0 Å².